The van der Waals surface area contributed by atoms with Crippen LogP contribution in [0.3, 0.4) is 0 Å². The zero-order valence-corrected chi connectivity index (χ0v) is 8.66. The summed E-state index contributed by atoms with van der Waals surface area (Å²) in [5.41, 5.74) is 0.0438. The molecule has 1 atom stereocenters. The van der Waals surface area contributed by atoms with Crippen molar-refractivity contribution in [2.45, 2.75) is 54.1 Å². The van der Waals surface area contributed by atoms with Gasteiger partial charge in [0.05, 0.1) is 0 Å². The van der Waals surface area contributed by atoms with E-state index >= 15 is 0 Å². The molecule has 0 nitrogen and oxygen atoms in total. The number of alkyl halides is 1. The Hall–Kier alpha value is -0.0700. The lowest BCUT2D eigenvalue weighted by Crippen LogP contribution is -2.28. The summed E-state index contributed by atoms with van der Waals surface area (Å²) in [5.74, 6) is 0. The largest absolute Gasteiger partial charge is 0.247 e. The molecule has 0 N–H and O–H groups in total. The average Bonchev–Trinajstić information content (AvgIpc) is 1.56. The van der Waals surface area contributed by atoms with Crippen LogP contribution in [-0.4, -0.2) is 6.17 Å². The van der Waals surface area contributed by atoms with E-state index in [2.05, 4.69) is 20.8 Å². The Morgan fingerprint density at radius 3 is 1.55 bits per heavy atom. The highest BCUT2D eigenvalue weighted by Crippen LogP contribution is 2.36. The van der Waals surface area contributed by atoms with Crippen LogP contribution in [0.4, 0.5) is 4.39 Å². The van der Waals surface area contributed by atoms with Gasteiger partial charge in [-0.1, -0.05) is 34.6 Å². The number of hydrogen-bond donors (Lipinski definition) is 0. The van der Waals surface area contributed by atoms with Crippen LogP contribution in [0.2, 0.25) is 0 Å². The van der Waals surface area contributed by atoms with Crippen LogP contribution in [0.5, 0.6) is 0 Å². The van der Waals surface area contributed by atoms with Crippen molar-refractivity contribution in [1.82, 2.24) is 0 Å². The SMILES string of the molecule is CC(F)C(C)(C)CC(C)(C)C. The molecule has 0 bridgehead atoms. The van der Waals surface area contributed by atoms with Crippen molar-refractivity contribution < 1.29 is 4.39 Å². The van der Waals surface area contributed by atoms with Gasteiger partial charge in [-0.25, -0.2) is 4.39 Å². The van der Waals surface area contributed by atoms with Gasteiger partial charge in [0, 0.05) is 0 Å². The molecule has 0 aliphatic rings. The summed E-state index contributed by atoms with van der Waals surface area (Å²) >= 11 is 0. The highest BCUT2D eigenvalue weighted by atomic mass is 19.1. The van der Waals surface area contributed by atoms with Gasteiger partial charge in [0.25, 0.3) is 0 Å². The van der Waals surface area contributed by atoms with Gasteiger partial charge in [-0.05, 0) is 24.2 Å². The highest BCUT2D eigenvalue weighted by molar-refractivity contribution is 4.80. The van der Waals surface area contributed by atoms with Crippen LogP contribution in [-0.2, 0) is 0 Å². The lowest BCUT2D eigenvalue weighted by atomic mass is 9.74. The van der Waals surface area contributed by atoms with Crippen LogP contribution >= 0.6 is 0 Å². The first-order valence-corrected chi connectivity index (χ1v) is 4.29. The molecule has 0 heterocycles. The minimum absolute atomic E-state index is 0.182. The van der Waals surface area contributed by atoms with Gasteiger partial charge in [-0.2, -0.15) is 0 Å². The van der Waals surface area contributed by atoms with Crippen LogP contribution in [0.25, 0.3) is 0 Å². The van der Waals surface area contributed by atoms with Gasteiger partial charge >= 0.3 is 0 Å². The molecule has 0 aromatic carbocycles. The molecule has 0 amide bonds. The monoisotopic (exact) mass is 160 g/mol. The Morgan fingerprint density at radius 1 is 1.09 bits per heavy atom. The summed E-state index contributed by atoms with van der Waals surface area (Å²) < 4.78 is 13.0. The van der Waals surface area contributed by atoms with Crippen molar-refractivity contribution in [3.8, 4) is 0 Å². The quantitative estimate of drug-likeness (QED) is 0.576. The Labute approximate surface area is 70.2 Å². The molecular weight excluding hydrogens is 139 g/mol. The fourth-order valence-corrected chi connectivity index (χ4v) is 1.51. The van der Waals surface area contributed by atoms with E-state index in [4.69, 9.17) is 0 Å². The first-order valence-electron chi connectivity index (χ1n) is 4.29. The van der Waals surface area contributed by atoms with E-state index in [1.54, 1.807) is 6.92 Å². The minimum Gasteiger partial charge on any atom is -0.247 e. The summed E-state index contributed by atoms with van der Waals surface area (Å²) in [6, 6.07) is 0. The molecule has 0 aromatic rings. The predicted octanol–water partition coefficient (Wildman–Crippen LogP) is 3.81. The standard InChI is InChI=1S/C10H21F/c1-8(11)10(5,6)7-9(2,3)4/h8H,7H2,1-6H3. The Kier molecular flexibility index (Phi) is 3.10. The van der Waals surface area contributed by atoms with Crippen LogP contribution in [0.1, 0.15) is 48.0 Å². The molecular formula is C10H21F. The van der Waals surface area contributed by atoms with Crippen molar-refractivity contribution in [1.29, 1.82) is 0 Å². The zero-order chi connectivity index (χ0) is 9.28. The molecule has 0 spiro atoms. The highest BCUT2D eigenvalue weighted by Gasteiger charge is 2.30. The molecule has 1 heteroatoms. The van der Waals surface area contributed by atoms with E-state index in [-0.39, 0.29) is 10.8 Å². The van der Waals surface area contributed by atoms with Crippen molar-refractivity contribution in [2.75, 3.05) is 0 Å². The molecule has 0 aliphatic carbocycles. The Bertz CT molecular complexity index is 117. The van der Waals surface area contributed by atoms with Crippen LogP contribution in [0.15, 0.2) is 0 Å². The second-order valence-corrected chi connectivity index (χ2v) is 5.34. The maximum atomic E-state index is 13.0. The molecule has 0 aromatic heterocycles. The second kappa shape index (κ2) is 3.12. The first kappa shape index (κ1) is 10.9. The van der Waals surface area contributed by atoms with Crippen molar-refractivity contribution >= 4 is 0 Å². The average molecular weight is 160 g/mol. The van der Waals surface area contributed by atoms with Gasteiger partial charge in [0.2, 0.25) is 0 Å². The normalized spacial score (nSPS) is 16.6. The summed E-state index contributed by atoms with van der Waals surface area (Å²) in [5, 5.41) is 0. The van der Waals surface area contributed by atoms with Crippen LogP contribution < -0.4 is 0 Å². The zero-order valence-electron chi connectivity index (χ0n) is 8.66. The van der Waals surface area contributed by atoms with Crippen molar-refractivity contribution in [3.05, 3.63) is 0 Å². The molecule has 11 heavy (non-hydrogen) atoms. The van der Waals surface area contributed by atoms with E-state index < -0.39 is 6.17 Å². The topological polar surface area (TPSA) is 0 Å². The summed E-state index contributed by atoms with van der Waals surface area (Å²) in [6.45, 7) is 12.1. The van der Waals surface area contributed by atoms with Gasteiger partial charge in [-0.15, -0.1) is 0 Å². The molecule has 1 unspecified atom stereocenters. The number of rotatable bonds is 2. The lowest BCUT2D eigenvalue weighted by molar-refractivity contribution is 0.103. The van der Waals surface area contributed by atoms with E-state index in [0.29, 0.717) is 0 Å². The maximum Gasteiger partial charge on any atom is 0.102 e. The van der Waals surface area contributed by atoms with Gasteiger partial charge < -0.3 is 0 Å². The van der Waals surface area contributed by atoms with Crippen molar-refractivity contribution in [3.63, 3.8) is 0 Å². The Morgan fingerprint density at radius 2 is 1.45 bits per heavy atom. The summed E-state index contributed by atoms with van der Waals surface area (Å²) in [6.07, 6.45) is 0.208. The van der Waals surface area contributed by atoms with Crippen LogP contribution in [0, 0.1) is 10.8 Å². The summed E-state index contributed by atoms with van der Waals surface area (Å²) in [7, 11) is 0. The Balaban J connectivity index is 4.13. The number of halogens is 1. The molecule has 0 aliphatic heterocycles. The third-order valence-corrected chi connectivity index (χ3v) is 2.06. The third-order valence-electron chi connectivity index (χ3n) is 2.06. The fourth-order valence-electron chi connectivity index (χ4n) is 1.51. The minimum atomic E-state index is -0.721. The van der Waals surface area contributed by atoms with Gasteiger partial charge in [0.15, 0.2) is 0 Å². The number of hydrogen-bond acceptors (Lipinski definition) is 0. The van der Waals surface area contributed by atoms with Gasteiger partial charge in [-0.3, -0.25) is 0 Å². The lowest BCUT2D eigenvalue weighted by Gasteiger charge is -2.33. The van der Waals surface area contributed by atoms with E-state index in [9.17, 15) is 4.39 Å². The molecule has 68 valence electrons. The molecule has 0 saturated carbocycles. The predicted molar refractivity (Wildman–Crippen MR) is 48.4 cm³/mol. The van der Waals surface area contributed by atoms with E-state index in [1.165, 1.54) is 0 Å². The van der Waals surface area contributed by atoms with E-state index in [0.717, 1.165) is 6.42 Å². The van der Waals surface area contributed by atoms with Crippen molar-refractivity contribution in [2.24, 2.45) is 10.8 Å². The maximum absolute atomic E-state index is 13.0. The molecule has 0 saturated heterocycles. The second-order valence-electron chi connectivity index (χ2n) is 5.34. The molecule has 0 radical (unpaired) electrons. The fraction of sp³-hybridized carbons (Fsp3) is 1.00. The molecule has 0 rings (SSSR count). The first-order chi connectivity index (χ1) is 4.65. The smallest absolute Gasteiger partial charge is 0.102 e. The van der Waals surface area contributed by atoms with Gasteiger partial charge in [0.1, 0.15) is 6.17 Å². The summed E-state index contributed by atoms with van der Waals surface area (Å²) in [4.78, 5) is 0. The van der Waals surface area contributed by atoms with E-state index in [1.807, 2.05) is 13.8 Å². The third kappa shape index (κ3) is 4.39. The molecule has 0 fully saturated rings.